The molecule has 94 valence electrons. The van der Waals surface area contributed by atoms with Crippen molar-refractivity contribution in [2.75, 3.05) is 7.11 Å². The molecule has 0 spiro atoms. The molecule has 0 aromatic rings. The van der Waals surface area contributed by atoms with E-state index in [4.69, 9.17) is 10.6 Å². The molecule has 16 heavy (non-hydrogen) atoms. The summed E-state index contributed by atoms with van der Waals surface area (Å²) >= 11 is 0. The summed E-state index contributed by atoms with van der Waals surface area (Å²) in [5, 5.41) is 0. The molecule has 1 unspecified atom stereocenters. The van der Waals surface area contributed by atoms with Gasteiger partial charge >= 0.3 is 0 Å². The van der Waals surface area contributed by atoms with E-state index in [2.05, 4.69) is 12.3 Å². The lowest BCUT2D eigenvalue weighted by Gasteiger charge is -2.44. The highest BCUT2D eigenvalue weighted by molar-refractivity contribution is 4.97. The van der Waals surface area contributed by atoms with Crippen molar-refractivity contribution in [3.05, 3.63) is 0 Å². The van der Waals surface area contributed by atoms with Gasteiger partial charge in [-0.25, -0.2) is 0 Å². The first-order valence-corrected chi connectivity index (χ1v) is 6.71. The van der Waals surface area contributed by atoms with Gasteiger partial charge in [-0.2, -0.15) is 0 Å². The van der Waals surface area contributed by atoms with E-state index in [0.29, 0.717) is 6.04 Å². The molecule has 2 fully saturated rings. The predicted molar refractivity (Wildman–Crippen MR) is 65.8 cm³/mol. The largest absolute Gasteiger partial charge is 0.377 e. The summed E-state index contributed by atoms with van der Waals surface area (Å²) in [4.78, 5) is 0. The first-order chi connectivity index (χ1) is 7.70. The highest BCUT2D eigenvalue weighted by atomic mass is 16.5. The number of ether oxygens (including phenoxy) is 1. The van der Waals surface area contributed by atoms with E-state index in [0.717, 1.165) is 24.7 Å². The molecular weight excluding hydrogens is 200 g/mol. The second-order valence-electron chi connectivity index (χ2n) is 5.85. The third kappa shape index (κ3) is 2.58. The molecule has 2 saturated carbocycles. The van der Waals surface area contributed by atoms with Crippen molar-refractivity contribution in [2.45, 2.75) is 63.5 Å². The van der Waals surface area contributed by atoms with E-state index in [-0.39, 0.29) is 5.60 Å². The summed E-state index contributed by atoms with van der Waals surface area (Å²) in [5.74, 6) is 7.49. The molecule has 0 heterocycles. The topological polar surface area (TPSA) is 47.3 Å². The van der Waals surface area contributed by atoms with Gasteiger partial charge in [-0.05, 0) is 43.9 Å². The maximum atomic E-state index is 5.87. The molecule has 3 heteroatoms. The molecule has 1 atom stereocenters. The van der Waals surface area contributed by atoms with Crippen LogP contribution in [0.3, 0.4) is 0 Å². The van der Waals surface area contributed by atoms with Crippen molar-refractivity contribution in [3.8, 4) is 0 Å². The third-order valence-corrected chi connectivity index (χ3v) is 4.63. The normalized spacial score (nSPS) is 37.3. The Bertz CT molecular complexity index is 220. The number of nitrogens with one attached hydrogen (secondary N) is 1. The van der Waals surface area contributed by atoms with E-state index in [1.54, 1.807) is 0 Å². The van der Waals surface area contributed by atoms with Crippen molar-refractivity contribution in [1.29, 1.82) is 0 Å². The van der Waals surface area contributed by atoms with Gasteiger partial charge in [0.05, 0.1) is 11.6 Å². The number of rotatable bonds is 5. The van der Waals surface area contributed by atoms with Crippen LogP contribution in [-0.4, -0.2) is 18.8 Å². The Kier molecular flexibility index (Phi) is 3.88. The van der Waals surface area contributed by atoms with Gasteiger partial charge in [-0.1, -0.05) is 19.8 Å². The van der Waals surface area contributed by atoms with E-state index in [1.165, 1.54) is 32.1 Å². The number of nitrogens with two attached hydrogens (primary N) is 1. The fraction of sp³-hybridized carbons (Fsp3) is 1.00. The van der Waals surface area contributed by atoms with Crippen molar-refractivity contribution in [2.24, 2.45) is 17.7 Å². The Morgan fingerprint density at radius 2 is 1.94 bits per heavy atom. The first kappa shape index (κ1) is 12.3. The fourth-order valence-corrected chi connectivity index (χ4v) is 3.07. The number of hydrogen-bond acceptors (Lipinski definition) is 3. The number of hydrazine groups is 1. The van der Waals surface area contributed by atoms with Crippen LogP contribution in [-0.2, 0) is 4.74 Å². The summed E-state index contributed by atoms with van der Waals surface area (Å²) in [6.07, 6.45) is 8.83. The Morgan fingerprint density at radius 1 is 1.31 bits per heavy atom. The lowest BCUT2D eigenvalue weighted by molar-refractivity contribution is -0.0776. The summed E-state index contributed by atoms with van der Waals surface area (Å²) in [5.41, 5.74) is 3.03. The smallest absolute Gasteiger partial charge is 0.0844 e. The average molecular weight is 226 g/mol. The zero-order chi connectivity index (χ0) is 11.6. The number of methoxy groups -OCH3 is 1. The molecule has 3 N–H and O–H groups in total. The van der Waals surface area contributed by atoms with Gasteiger partial charge < -0.3 is 4.74 Å². The monoisotopic (exact) mass is 226 g/mol. The third-order valence-electron chi connectivity index (χ3n) is 4.63. The standard InChI is InChI=1S/C13H26N2O/c1-10-5-7-13(16-2,8-6-10)12(15-14)9-11-3-4-11/h10-12,15H,3-9,14H2,1-2H3. The van der Waals surface area contributed by atoms with Crippen LogP contribution in [0.25, 0.3) is 0 Å². The van der Waals surface area contributed by atoms with E-state index < -0.39 is 0 Å². The molecule has 3 nitrogen and oxygen atoms in total. The summed E-state index contributed by atoms with van der Waals surface area (Å²) in [7, 11) is 1.85. The Hall–Kier alpha value is -0.120. The molecule has 2 aliphatic carbocycles. The molecule has 0 saturated heterocycles. The van der Waals surface area contributed by atoms with Gasteiger partial charge in [-0.15, -0.1) is 0 Å². The van der Waals surface area contributed by atoms with Crippen LogP contribution in [0.5, 0.6) is 0 Å². The maximum Gasteiger partial charge on any atom is 0.0844 e. The van der Waals surface area contributed by atoms with Gasteiger partial charge in [0.1, 0.15) is 0 Å². The minimum atomic E-state index is 0.00382. The average Bonchev–Trinajstić information content (AvgIpc) is 3.12. The quantitative estimate of drug-likeness (QED) is 0.558. The fourth-order valence-electron chi connectivity index (χ4n) is 3.07. The SMILES string of the molecule is COC1(C(CC2CC2)NN)CCC(C)CC1. The van der Waals surface area contributed by atoms with Crippen molar-refractivity contribution in [1.82, 2.24) is 5.43 Å². The summed E-state index contributed by atoms with van der Waals surface area (Å²) in [6.45, 7) is 2.34. The van der Waals surface area contributed by atoms with Crippen molar-refractivity contribution < 1.29 is 4.74 Å². The molecule has 0 aliphatic heterocycles. The van der Waals surface area contributed by atoms with E-state index in [1.807, 2.05) is 7.11 Å². The molecule has 0 amide bonds. The van der Waals surface area contributed by atoms with Gasteiger partial charge in [0.15, 0.2) is 0 Å². The van der Waals surface area contributed by atoms with Gasteiger partial charge in [0, 0.05) is 7.11 Å². The van der Waals surface area contributed by atoms with Crippen LogP contribution in [0.2, 0.25) is 0 Å². The predicted octanol–water partition coefficient (Wildman–Crippen LogP) is 2.21. The zero-order valence-corrected chi connectivity index (χ0v) is 10.7. The zero-order valence-electron chi connectivity index (χ0n) is 10.7. The van der Waals surface area contributed by atoms with Crippen LogP contribution in [0.1, 0.15) is 51.9 Å². The molecule has 0 aromatic heterocycles. The van der Waals surface area contributed by atoms with E-state index >= 15 is 0 Å². The molecule has 2 aliphatic rings. The van der Waals surface area contributed by atoms with E-state index in [9.17, 15) is 0 Å². The lowest BCUT2D eigenvalue weighted by atomic mass is 9.74. The second-order valence-corrected chi connectivity index (χ2v) is 5.85. The molecule has 0 aromatic carbocycles. The van der Waals surface area contributed by atoms with Crippen LogP contribution in [0.4, 0.5) is 0 Å². The lowest BCUT2D eigenvalue weighted by Crippen LogP contribution is -2.56. The van der Waals surface area contributed by atoms with Crippen LogP contribution in [0, 0.1) is 11.8 Å². The Balaban J connectivity index is 1.99. The van der Waals surface area contributed by atoms with Gasteiger partial charge in [0.25, 0.3) is 0 Å². The first-order valence-electron chi connectivity index (χ1n) is 6.71. The number of hydrogen-bond donors (Lipinski definition) is 2. The minimum Gasteiger partial charge on any atom is -0.377 e. The molecule has 2 rings (SSSR count). The Labute approximate surface area is 99.1 Å². The molecule has 0 bridgehead atoms. The van der Waals surface area contributed by atoms with Crippen LogP contribution in [0.15, 0.2) is 0 Å². The Morgan fingerprint density at radius 3 is 2.38 bits per heavy atom. The highest BCUT2D eigenvalue weighted by Crippen LogP contribution is 2.42. The maximum absolute atomic E-state index is 5.87. The second kappa shape index (κ2) is 5.03. The highest BCUT2D eigenvalue weighted by Gasteiger charge is 2.43. The summed E-state index contributed by atoms with van der Waals surface area (Å²) in [6, 6.07) is 0.345. The minimum absolute atomic E-state index is 0.00382. The van der Waals surface area contributed by atoms with Crippen LogP contribution >= 0.6 is 0 Å². The summed E-state index contributed by atoms with van der Waals surface area (Å²) < 4.78 is 5.87. The van der Waals surface area contributed by atoms with Crippen LogP contribution < -0.4 is 11.3 Å². The van der Waals surface area contributed by atoms with Crippen molar-refractivity contribution in [3.63, 3.8) is 0 Å². The molecular formula is C13H26N2O. The van der Waals surface area contributed by atoms with Gasteiger partial charge in [0.2, 0.25) is 0 Å². The molecule has 0 radical (unpaired) electrons. The van der Waals surface area contributed by atoms with Crippen molar-refractivity contribution >= 4 is 0 Å². The van der Waals surface area contributed by atoms with Gasteiger partial charge in [-0.3, -0.25) is 11.3 Å².